The van der Waals surface area contributed by atoms with Crippen molar-refractivity contribution in [2.45, 2.75) is 22.2 Å². The average Bonchev–Trinajstić information content (AvgIpc) is 3.24. The van der Waals surface area contributed by atoms with E-state index in [9.17, 15) is 13.2 Å². The molecule has 4 rings (SSSR count). The number of nitrogens with one attached hydrogen (secondary N) is 1. The van der Waals surface area contributed by atoms with Crippen LogP contribution in [0.25, 0.3) is 10.9 Å². The molecule has 1 aliphatic carbocycles. The SMILES string of the molecule is COC1=CC(OC)(c2c[nH]c3ccccc23)C(C=O)(S(=O)(=O)c2ccccc2)C=C1C. The van der Waals surface area contributed by atoms with Crippen molar-refractivity contribution >= 4 is 27.0 Å². The second-order valence-corrected chi connectivity index (χ2v) is 9.61. The number of carbonyl (C=O) groups is 1. The molecule has 1 heterocycles. The highest BCUT2D eigenvalue weighted by atomic mass is 32.2. The molecule has 0 amide bonds. The zero-order chi connectivity index (χ0) is 22.3. The molecule has 7 heteroatoms. The van der Waals surface area contributed by atoms with Gasteiger partial charge >= 0.3 is 0 Å². The Balaban J connectivity index is 2.14. The van der Waals surface area contributed by atoms with Gasteiger partial charge in [-0.25, -0.2) is 8.42 Å². The summed E-state index contributed by atoms with van der Waals surface area (Å²) in [6, 6.07) is 15.4. The molecule has 6 nitrogen and oxygen atoms in total. The largest absolute Gasteiger partial charge is 0.497 e. The normalized spacial score (nSPS) is 23.8. The van der Waals surface area contributed by atoms with Crippen LogP contribution in [-0.2, 0) is 29.7 Å². The monoisotopic (exact) mass is 437 g/mol. The van der Waals surface area contributed by atoms with E-state index in [4.69, 9.17) is 9.47 Å². The van der Waals surface area contributed by atoms with Crippen molar-refractivity contribution in [2.24, 2.45) is 0 Å². The van der Waals surface area contributed by atoms with Crippen LogP contribution in [0.4, 0.5) is 0 Å². The summed E-state index contributed by atoms with van der Waals surface area (Å²) >= 11 is 0. The first-order chi connectivity index (χ1) is 14.9. The lowest BCUT2D eigenvalue weighted by Crippen LogP contribution is -2.58. The van der Waals surface area contributed by atoms with Crippen molar-refractivity contribution in [1.82, 2.24) is 4.98 Å². The van der Waals surface area contributed by atoms with Gasteiger partial charge in [0.25, 0.3) is 0 Å². The summed E-state index contributed by atoms with van der Waals surface area (Å²) < 4.78 is 37.6. The molecule has 2 unspecified atom stereocenters. The molecule has 2 atom stereocenters. The Labute approximate surface area is 181 Å². The minimum atomic E-state index is -4.24. The van der Waals surface area contributed by atoms with Gasteiger partial charge in [0.05, 0.1) is 12.0 Å². The summed E-state index contributed by atoms with van der Waals surface area (Å²) in [4.78, 5) is 16.1. The highest BCUT2D eigenvalue weighted by Gasteiger charge is 2.62. The maximum absolute atomic E-state index is 14.1. The van der Waals surface area contributed by atoms with Gasteiger partial charge in [0.2, 0.25) is 0 Å². The molecular formula is C24H23NO5S. The van der Waals surface area contributed by atoms with Crippen LogP contribution in [0, 0.1) is 0 Å². The number of allylic oxidation sites excluding steroid dienone is 1. The van der Waals surface area contributed by atoms with E-state index < -0.39 is 20.2 Å². The van der Waals surface area contributed by atoms with Crippen molar-refractivity contribution in [1.29, 1.82) is 0 Å². The fourth-order valence-electron chi connectivity index (χ4n) is 4.38. The molecule has 0 spiro atoms. The maximum atomic E-state index is 14.1. The molecule has 0 radical (unpaired) electrons. The Morgan fingerprint density at radius 1 is 0.968 bits per heavy atom. The Morgan fingerprint density at radius 2 is 1.65 bits per heavy atom. The van der Waals surface area contributed by atoms with Crippen LogP contribution in [0.1, 0.15) is 12.5 Å². The topological polar surface area (TPSA) is 85.5 Å². The summed E-state index contributed by atoms with van der Waals surface area (Å²) in [6.07, 6.45) is 5.18. The van der Waals surface area contributed by atoms with E-state index in [0.717, 1.165) is 10.9 Å². The minimum absolute atomic E-state index is 0.0293. The number of benzene rings is 2. The highest BCUT2D eigenvalue weighted by Crippen LogP contribution is 2.51. The fraction of sp³-hybridized carbons (Fsp3) is 0.208. The molecule has 31 heavy (non-hydrogen) atoms. The Morgan fingerprint density at radius 3 is 2.29 bits per heavy atom. The smallest absolute Gasteiger partial charge is 0.198 e. The number of para-hydroxylation sites is 1. The van der Waals surface area contributed by atoms with Gasteiger partial charge in [0.15, 0.2) is 14.6 Å². The number of methoxy groups -OCH3 is 2. The molecule has 1 N–H and O–H groups in total. The first-order valence-electron chi connectivity index (χ1n) is 9.71. The molecule has 0 fully saturated rings. The van der Waals surface area contributed by atoms with E-state index in [1.165, 1.54) is 32.4 Å². The third kappa shape index (κ3) is 2.80. The van der Waals surface area contributed by atoms with Crippen LogP contribution in [0.2, 0.25) is 0 Å². The summed E-state index contributed by atoms with van der Waals surface area (Å²) in [7, 11) is -1.34. The first-order valence-corrected chi connectivity index (χ1v) is 11.2. The number of aromatic amines is 1. The van der Waals surface area contributed by atoms with Gasteiger partial charge in [-0.3, -0.25) is 0 Å². The summed E-state index contributed by atoms with van der Waals surface area (Å²) in [5.41, 5.74) is 0.176. The van der Waals surface area contributed by atoms with Crippen molar-refractivity contribution in [3.63, 3.8) is 0 Å². The zero-order valence-electron chi connectivity index (χ0n) is 17.5. The molecule has 0 saturated carbocycles. The van der Waals surface area contributed by atoms with E-state index in [2.05, 4.69) is 4.98 Å². The van der Waals surface area contributed by atoms with Crippen molar-refractivity contribution in [3.8, 4) is 0 Å². The van der Waals surface area contributed by atoms with E-state index in [-0.39, 0.29) is 4.90 Å². The van der Waals surface area contributed by atoms with E-state index >= 15 is 0 Å². The third-order valence-electron chi connectivity index (χ3n) is 5.94. The second kappa shape index (κ2) is 7.51. The van der Waals surface area contributed by atoms with E-state index in [0.29, 0.717) is 23.2 Å². The van der Waals surface area contributed by atoms with Crippen LogP contribution < -0.4 is 0 Å². The van der Waals surface area contributed by atoms with Crippen LogP contribution >= 0.6 is 0 Å². The fourth-order valence-corrected chi connectivity index (χ4v) is 6.40. The van der Waals surface area contributed by atoms with Crippen molar-refractivity contribution in [2.75, 3.05) is 14.2 Å². The lowest BCUT2D eigenvalue weighted by atomic mass is 9.76. The van der Waals surface area contributed by atoms with Crippen molar-refractivity contribution in [3.05, 3.63) is 89.8 Å². The molecule has 160 valence electrons. The number of aldehydes is 1. The summed E-state index contributed by atoms with van der Waals surface area (Å²) in [5, 5.41) is 0.749. The van der Waals surface area contributed by atoms with Gasteiger partial charge in [-0.2, -0.15) is 0 Å². The molecule has 0 aliphatic heterocycles. The number of fused-ring (bicyclic) bond motifs is 1. The number of sulfone groups is 1. The maximum Gasteiger partial charge on any atom is 0.198 e. The number of carbonyl (C=O) groups excluding carboxylic acids is 1. The van der Waals surface area contributed by atoms with Crippen LogP contribution in [-0.4, -0.2) is 38.7 Å². The number of rotatable bonds is 6. The number of hydrogen-bond donors (Lipinski definition) is 1. The second-order valence-electron chi connectivity index (χ2n) is 7.46. The van der Waals surface area contributed by atoms with Gasteiger partial charge in [0.1, 0.15) is 17.6 Å². The highest BCUT2D eigenvalue weighted by molar-refractivity contribution is 7.93. The lowest BCUT2D eigenvalue weighted by Gasteiger charge is -2.45. The predicted molar refractivity (Wildman–Crippen MR) is 118 cm³/mol. The third-order valence-corrected chi connectivity index (χ3v) is 8.24. The Kier molecular flexibility index (Phi) is 5.11. The molecule has 3 aromatic rings. The lowest BCUT2D eigenvalue weighted by molar-refractivity contribution is -0.115. The number of hydrogen-bond acceptors (Lipinski definition) is 5. The van der Waals surface area contributed by atoms with Gasteiger partial charge in [-0.1, -0.05) is 36.4 Å². The van der Waals surface area contributed by atoms with E-state index in [1.54, 1.807) is 37.4 Å². The van der Waals surface area contributed by atoms with Gasteiger partial charge in [-0.15, -0.1) is 0 Å². The van der Waals surface area contributed by atoms with Crippen LogP contribution in [0.15, 0.2) is 89.2 Å². The van der Waals surface area contributed by atoms with E-state index in [1.807, 2.05) is 24.3 Å². The zero-order valence-corrected chi connectivity index (χ0v) is 18.3. The number of ether oxygens (including phenoxy) is 2. The van der Waals surface area contributed by atoms with Gasteiger partial charge < -0.3 is 19.3 Å². The van der Waals surface area contributed by atoms with Gasteiger partial charge in [0, 0.05) is 29.8 Å². The molecule has 2 aromatic carbocycles. The molecular weight excluding hydrogens is 414 g/mol. The minimum Gasteiger partial charge on any atom is -0.497 e. The Bertz CT molecular complexity index is 1310. The molecule has 1 aromatic heterocycles. The van der Waals surface area contributed by atoms with Crippen molar-refractivity contribution < 1.29 is 22.7 Å². The first kappa shape index (κ1) is 21.1. The standard InChI is InChI=1S/C24H23NO5S/c1-17-13-23(16-26,31(27,28)18-9-5-4-6-10-18)24(30-3,14-22(17)29-2)20-15-25-21-12-8-7-11-19(20)21/h4-16,25H,1-3H3. The summed E-state index contributed by atoms with van der Waals surface area (Å²) in [5.74, 6) is 0.438. The van der Waals surface area contributed by atoms with Gasteiger partial charge in [-0.05, 0) is 42.8 Å². The summed E-state index contributed by atoms with van der Waals surface area (Å²) in [6.45, 7) is 1.71. The van der Waals surface area contributed by atoms with Crippen LogP contribution in [0.5, 0.6) is 0 Å². The predicted octanol–water partition coefficient (Wildman–Crippen LogP) is 3.91. The number of H-pyrrole nitrogens is 1. The Hall–Kier alpha value is -3.16. The molecule has 0 bridgehead atoms. The number of aromatic nitrogens is 1. The quantitative estimate of drug-likeness (QED) is 0.591. The van der Waals surface area contributed by atoms with Crippen LogP contribution in [0.3, 0.4) is 0 Å². The molecule has 1 aliphatic rings. The molecule has 0 saturated heterocycles. The average molecular weight is 438 g/mol.